The highest BCUT2D eigenvalue weighted by Gasteiger charge is 2.08. The van der Waals surface area contributed by atoms with E-state index in [2.05, 4.69) is 32.6 Å². The summed E-state index contributed by atoms with van der Waals surface area (Å²) >= 11 is 0. The third-order valence-electron chi connectivity index (χ3n) is 3.74. The van der Waals surface area contributed by atoms with Gasteiger partial charge < -0.3 is 10.2 Å². The monoisotopic (exact) mass is 462 g/mol. The molecule has 0 aliphatic rings. The second-order valence-electron chi connectivity index (χ2n) is 5.83. The number of nitrogens with one attached hydrogen (secondary N) is 1. The van der Waals surface area contributed by atoms with Gasteiger partial charge in [-0.2, -0.15) is 0 Å². The molecule has 0 radical (unpaired) electrons. The van der Waals surface area contributed by atoms with Gasteiger partial charge >= 0.3 is 0 Å². The minimum atomic E-state index is 0. The van der Waals surface area contributed by atoms with Crippen molar-refractivity contribution in [1.29, 1.82) is 0 Å². The van der Waals surface area contributed by atoms with E-state index in [4.69, 9.17) is 0 Å². The maximum Gasteiger partial charge on any atom is 0.194 e. The van der Waals surface area contributed by atoms with Crippen LogP contribution in [0, 0.1) is 0 Å². The van der Waals surface area contributed by atoms with E-state index in [1.165, 1.54) is 5.56 Å². The first kappa shape index (κ1) is 19.9. The van der Waals surface area contributed by atoms with Crippen LogP contribution in [0.4, 0.5) is 0 Å². The van der Waals surface area contributed by atoms with Gasteiger partial charge in [0, 0.05) is 19.8 Å². The van der Waals surface area contributed by atoms with E-state index in [9.17, 15) is 0 Å². The molecule has 1 aromatic heterocycles. The van der Waals surface area contributed by atoms with E-state index in [-0.39, 0.29) is 24.0 Å². The van der Waals surface area contributed by atoms with Crippen molar-refractivity contribution in [2.24, 2.45) is 4.99 Å². The summed E-state index contributed by atoms with van der Waals surface area (Å²) in [6.07, 6.45) is 1.72. The maximum atomic E-state index is 4.67. The van der Waals surface area contributed by atoms with Crippen molar-refractivity contribution >= 4 is 29.9 Å². The molecule has 0 atom stereocenters. The van der Waals surface area contributed by atoms with E-state index in [0.29, 0.717) is 13.1 Å². The highest BCUT2D eigenvalue weighted by Crippen LogP contribution is 2.08. The fourth-order valence-corrected chi connectivity index (χ4v) is 2.45. The minimum absolute atomic E-state index is 0. The van der Waals surface area contributed by atoms with Crippen LogP contribution < -0.4 is 5.32 Å². The molecule has 3 aromatic rings. The summed E-state index contributed by atoms with van der Waals surface area (Å²) in [5.41, 5.74) is 2.22. The lowest BCUT2D eigenvalue weighted by Gasteiger charge is -2.17. The predicted molar refractivity (Wildman–Crippen MR) is 115 cm³/mol. The van der Waals surface area contributed by atoms with E-state index in [1.807, 2.05) is 72.1 Å². The fraction of sp³-hybridized carbons (Fsp3) is 0.211. The molecule has 0 spiro atoms. The summed E-state index contributed by atoms with van der Waals surface area (Å²) in [7, 11) is 3.94. The second-order valence-corrected chi connectivity index (χ2v) is 5.83. The lowest BCUT2D eigenvalue weighted by Crippen LogP contribution is -2.36. The van der Waals surface area contributed by atoms with E-state index >= 15 is 0 Å². The zero-order valence-electron chi connectivity index (χ0n) is 14.9. The average Bonchev–Trinajstić information content (AvgIpc) is 3.11. The molecule has 0 aliphatic heterocycles. The maximum absolute atomic E-state index is 4.67. The number of rotatable bonds is 5. The Morgan fingerprint density at radius 2 is 1.69 bits per heavy atom. The highest BCUT2D eigenvalue weighted by molar-refractivity contribution is 14.0. The second kappa shape index (κ2) is 9.91. The molecule has 0 bridgehead atoms. The van der Waals surface area contributed by atoms with Crippen LogP contribution in [0.3, 0.4) is 0 Å². The number of para-hydroxylation sites is 1. The van der Waals surface area contributed by atoms with Gasteiger partial charge in [0.25, 0.3) is 0 Å². The van der Waals surface area contributed by atoms with Gasteiger partial charge in [0.1, 0.15) is 6.33 Å². The molecule has 1 N–H and O–H groups in total. The molecule has 26 heavy (non-hydrogen) atoms. The molecule has 2 aromatic carbocycles. The van der Waals surface area contributed by atoms with Crippen LogP contribution in [0.1, 0.15) is 11.4 Å². The van der Waals surface area contributed by atoms with Crippen molar-refractivity contribution < 1.29 is 0 Å². The molecule has 0 aliphatic carbocycles. The smallest absolute Gasteiger partial charge is 0.194 e. The number of guanidine groups is 1. The van der Waals surface area contributed by atoms with Gasteiger partial charge in [-0.15, -0.1) is 34.2 Å². The van der Waals surface area contributed by atoms with Crippen LogP contribution in [0.5, 0.6) is 0 Å². The number of hydrogen-bond acceptors (Lipinski definition) is 3. The summed E-state index contributed by atoms with van der Waals surface area (Å²) in [6.45, 7) is 1.17. The third-order valence-corrected chi connectivity index (χ3v) is 3.74. The highest BCUT2D eigenvalue weighted by atomic mass is 127. The van der Waals surface area contributed by atoms with Crippen LogP contribution in [-0.2, 0) is 13.1 Å². The topological polar surface area (TPSA) is 58.3 Å². The van der Waals surface area contributed by atoms with Gasteiger partial charge in [-0.25, -0.2) is 4.99 Å². The van der Waals surface area contributed by atoms with E-state index in [1.54, 1.807) is 6.33 Å². The minimum Gasteiger partial charge on any atom is -0.349 e. The Balaban J connectivity index is 0.00000243. The van der Waals surface area contributed by atoms with Crippen LogP contribution in [0.15, 0.2) is 72.0 Å². The number of aromatic nitrogens is 3. The summed E-state index contributed by atoms with van der Waals surface area (Å²) in [6, 6.07) is 20.3. The normalized spacial score (nSPS) is 10.9. The Bertz CT molecular complexity index is 814. The number of halogens is 1. The number of hydrogen-bond donors (Lipinski definition) is 1. The lowest BCUT2D eigenvalue weighted by atomic mass is 10.2. The lowest BCUT2D eigenvalue weighted by molar-refractivity contribution is 0.573. The van der Waals surface area contributed by atoms with E-state index < -0.39 is 0 Å². The third kappa shape index (κ3) is 5.29. The molecule has 6 nitrogen and oxygen atoms in total. The fourth-order valence-electron chi connectivity index (χ4n) is 2.45. The Labute approximate surface area is 171 Å². The molecule has 7 heteroatoms. The zero-order valence-corrected chi connectivity index (χ0v) is 17.2. The molecule has 1 heterocycles. The van der Waals surface area contributed by atoms with Gasteiger partial charge in [0.15, 0.2) is 11.8 Å². The quantitative estimate of drug-likeness (QED) is 0.360. The van der Waals surface area contributed by atoms with Gasteiger partial charge in [0.05, 0.1) is 13.1 Å². The molecule has 0 fully saturated rings. The summed E-state index contributed by atoms with van der Waals surface area (Å²) in [4.78, 5) is 6.63. The first-order valence-corrected chi connectivity index (χ1v) is 8.18. The van der Waals surface area contributed by atoms with Gasteiger partial charge in [-0.05, 0) is 17.7 Å². The summed E-state index contributed by atoms with van der Waals surface area (Å²) in [5, 5.41) is 11.6. The Kier molecular flexibility index (Phi) is 7.58. The number of benzene rings is 2. The SMILES string of the molecule is CN(C)C(=NCc1ccccc1)NCc1nncn1-c1ccccc1.I. The van der Waals surface area contributed by atoms with Crippen LogP contribution in [0.2, 0.25) is 0 Å². The molecule has 3 rings (SSSR count). The standard InChI is InChI=1S/C19H22N6.HI/c1-24(2)19(20-13-16-9-5-3-6-10-16)21-14-18-23-22-15-25(18)17-11-7-4-8-12-17;/h3-12,15H,13-14H2,1-2H3,(H,20,21);1H. The Morgan fingerprint density at radius 1 is 1.04 bits per heavy atom. The molecule has 0 unspecified atom stereocenters. The summed E-state index contributed by atoms with van der Waals surface area (Å²) < 4.78 is 1.97. The zero-order chi connectivity index (χ0) is 17.5. The average molecular weight is 462 g/mol. The van der Waals surface area contributed by atoms with Crippen molar-refractivity contribution in [3.63, 3.8) is 0 Å². The molecule has 0 saturated carbocycles. The van der Waals surface area contributed by atoms with Crippen LogP contribution in [0.25, 0.3) is 5.69 Å². The molecular weight excluding hydrogens is 439 g/mol. The van der Waals surface area contributed by atoms with Crippen molar-refractivity contribution in [2.45, 2.75) is 13.1 Å². The van der Waals surface area contributed by atoms with Crippen LogP contribution in [-0.4, -0.2) is 39.7 Å². The Hall–Kier alpha value is -2.42. The van der Waals surface area contributed by atoms with Crippen LogP contribution >= 0.6 is 24.0 Å². The van der Waals surface area contributed by atoms with E-state index in [0.717, 1.165) is 17.5 Å². The van der Waals surface area contributed by atoms with Crippen molar-refractivity contribution in [1.82, 2.24) is 25.0 Å². The molecular formula is C19H23IN6. The van der Waals surface area contributed by atoms with Crippen molar-refractivity contribution in [3.05, 3.63) is 78.4 Å². The molecule has 0 amide bonds. The molecule has 136 valence electrons. The number of aliphatic imine (C=N–C) groups is 1. The van der Waals surface area contributed by atoms with Crippen molar-refractivity contribution in [3.8, 4) is 5.69 Å². The number of nitrogens with zero attached hydrogens (tertiary/aromatic N) is 5. The van der Waals surface area contributed by atoms with Gasteiger partial charge in [-0.1, -0.05) is 48.5 Å². The first-order valence-electron chi connectivity index (χ1n) is 8.18. The Morgan fingerprint density at radius 3 is 2.35 bits per heavy atom. The van der Waals surface area contributed by atoms with Gasteiger partial charge in [0.2, 0.25) is 0 Å². The van der Waals surface area contributed by atoms with Crippen molar-refractivity contribution in [2.75, 3.05) is 14.1 Å². The molecule has 0 saturated heterocycles. The predicted octanol–water partition coefficient (Wildman–Crippen LogP) is 3.09. The first-order chi connectivity index (χ1) is 12.2. The van der Waals surface area contributed by atoms with Gasteiger partial charge in [-0.3, -0.25) is 4.57 Å². The summed E-state index contributed by atoms with van der Waals surface area (Å²) in [5.74, 6) is 1.65. The largest absolute Gasteiger partial charge is 0.349 e.